The Morgan fingerprint density at radius 1 is 1.32 bits per heavy atom. The lowest BCUT2D eigenvalue weighted by atomic mass is 10.1. The second-order valence-corrected chi connectivity index (χ2v) is 6.09. The molecule has 1 fully saturated rings. The van der Waals surface area contributed by atoms with Gasteiger partial charge in [0.1, 0.15) is 0 Å². The van der Waals surface area contributed by atoms with Gasteiger partial charge < -0.3 is 10.2 Å². The van der Waals surface area contributed by atoms with Crippen LogP contribution in [0.5, 0.6) is 0 Å². The van der Waals surface area contributed by atoms with Gasteiger partial charge in [-0.25, -0.2) is 0 Å². The van der Waals surface area contributed by atoms with E-state index >= 15 is 0 Å². The first-order chi connectivity index (χ1) is 9.08. The fourth-order valence-electron chi connectivity index (χ4n) is 2.49. The summed E-state index contributed by atoms with van der Waals surface area (Å²) >= 11 is 11.4. The van der Waals surface area contributed by atoms with Gasteiger partial charge >= 0.3 is 0 Å². The molecule has 1 aromatic carbocycles. The quantitative estimate of drug-likeness (QED) is 0.844. The van der Waals surface area contributed by atoms with E-state index in [-0.39, 0.29) is 6.04 Å². The zero-order valence-corrected chi connectivity index (χ0v) is 13.1. The molecule has 1 aromatic rings. The van der Waals surface area contributed by atoms with E-state index in [0.717, 1.165) is 10.1 Å². The molecule has 0 aliphatic heterocycles. The minimum atomic E-state index is 0.249. The Kier molecular flexibility index (Phi) is 5.06. The Bertz CT molecular complexity index is 426. The molecule has 2 nitrogen and oxygen atoms in total. The summed E-state index contributed by atoms with van der Waals surface area (Å²) in [7, 11) is 2.05. The van der Waals surface area contributed by atoms with Crippen LogP contribution >= 0.6 is 23.8 Å². The minimum Gasteiger partial charge on any atom is -0.360 e. The van der Waals surface area contributed by atoms with Crippen molar-refractivity contribution in [1.29, 1.82) is 0 Å². The first-order valence-electron chi connectivity index (χ1n) is 6.86. The molecule has 1 aliphatic carbocycles. The van der Waals surface area contributed by atoms with Gasteiger partial charge in [0.2, 0.25) is 0 Å². The van der Waals surface area contributed by atoms with E-state index in [1.54, 1.807) is 0 Å². The van der Waals surface area contributed by atoms with Gasteiger partial charge in [-0.3, -0.25) is 0 Å². The van der Waals surface area contributed by atoms with Crippen LogP contribution in [0, 0.1) is 0 Å². The molecule has 0 aromatic heterocycles. The van der Waals surface area contributed by atoms with Crippen molar-refractivity contribution in [3.05, 3.63) is 34.9 Å². The van der Waals surface area contributed by atoms with Crippen LogP contribution in [0.3, 0.4) is 0 Å². The highest BCUT2D eigenvalue weighted by Gasteiger charge is 2.19. The highest BCUT2D eigenvalue weighted by Crippen LogP contribution is 2.22. The maximum absolute atomic E-state index is 5.92. The molecule has 0 bridgehead atoms. The predicted molar refractivity (Wildman–Crippen MR) is 85.6 cm³/mol. The summed E-state index contributed by atoms with van der Waals surface area (Å²) in [6.45, 7) is 2.16. The lowest BCUT2D eigenvalue weighted by Crippen LogP contribution is -2.42. The first kappa shape index (κ1) is 14.6. The lowest BCUT2D eigenvalue weighted by Gasteiger charge is -2.30. The zero-order valence-electron chi connectivity index (χ0n) is 11.5. The fourth-order valence-corrected chi connectivity index (χ4v) is 2.94. The van der Waals surface area contributed by atoms with Crippen LogP contribution in [0.4, 0.5) is 0 Å². The van der Waals surface area contributed by atoms with Crippen LogP contribution in [0.2, 0.25) is 5.02 Å². The van der Waals surface area contributed by atoms with Crippen LogP contribution < -0.4 is 5.32 Å². The summed E-state index contributed by atoms with van der Waals surface area (Å²) in [6.07, 6.45) is 5.11. The van der Waals surface area contributed by atoms with Crippen molar-refractivity contribution in [2.24, 2.45) is 0 Å². The molecule has 0 spiro atoms. The lowest BCUT2D eigenvalue weighted by molar-refractivity contribution is 0.388. The van der Waals surface area contributed by atoms with E-state index in [1.165, 1.54) is 31.2 Å². The van der Waals surface area contributed by atoms with Crippen molar-refractivity contribution < 1.29 is 0 Å². The topological polar surface area (TPSA) is 15.3 Å². The molecule has 1 unspecified atom stereocenters. The third-order valence-corrected chi connectivity index (χ3v) is 4.59. The summed E-state index contributed by atoms with van der Waals surface area (Å²) in [5.74, 6) is 0. The van der Waals surface area contributed by atoms with Gasteiger partial charge in [0, 0.05) is 18.1 Å². The van der Waals surface area contributed by atoms with E-state index in [2.05, 4.69) is 29.3 Å². The Balaban J connectivity index is 1.95. The Hall–Kier alpha value is -0.800. The Morgan fingerprint density at radius 3 is 2.47 bits per heavy atom. The number of hydrogen-bond donors (Lipinski definition) is 1. The maximum atomic E-state index is 5.92. The van der Waals surface area contributed by atoms with E-state index in [0.29, 0.717) is 6.04 Å². The monoisotopic (exact) mass is 296 g/mol. The first-order valence-corrected chi connectivity index (χ1v) is 7.65. The Labute approximate surface area is 126 Å². The molecule has 1 aliphatic rings. The van der Waals surface area contributed by atoms with Gasteiger partial charge in [0.25, 0.3) is 0 Å². The van der Waals surface area contributed by atoms with Crippen LogP contribution in [0.1, 0.15) is 44.2 Å². The summed E-state index contributed by atoms with van der Waals surface area (Å²) in [5.41, 5.74) is 1.22. The van der Waals surface area contributed by atoms with Crippen LogP contribution in [-0.4, -0.2) is 23.1 Å². The van der Waals surface area contributed by atoms with Crippen molar-refractivity contribution in [3.8, 4) is 0 Å². The molecule has 1 N–H and O–H groups in total. The highest BCUT2D eigenvalue weighted by molar-refractivity contribution is 7.80. The molecular weight excluding hydrogens is 276 g/mol. The molecule has 1 atom stereocenters. The number of rotatable bonds is 3. The maximum Gasteiger partial charge on any atom is 0.169 e. The molecular formula is C15H21ClN2S. The molecule has 0 radical (unpaired) electrons. The molecule has 1 saturated carbocycles. The Morgan fingerprint density at radius 2 is 1.89 bits per heavy atom. The van der Waals surface area contributed by atoms with Gasteiger partial charge in [-0.2, -0.15) is 0 Å². The second kappa shape index (κ2) is 6.58. The van der Waals surface area contributed by atoms with Crippen molar-refractivity contribution in [1.82, 2.24) is 10.2 Å². The number of nitrogens with zero attached hydrogens (tertiary/aromatic N) is 1. The normalized spacial score (nSPS) is 17.2. The van der Waals surface area contributed by atoms with Crippen molar-refractivity contribution in [2.75, 3.05) is 7.05 Å². The number of halogens is 1. The average Bonchev–Trinajstić information content (AvgIpc) is 2.90. The van der Waals surface area contributed by atoms with Crippen molar-refractivity contribution in [3.63, 3.8) is 0 Å². The minimum absolute atomic E-state index is 0.249. The molecule has 0 amide bonds. The largest absolute Gasteiger partial charge is 0.360 e. The summed E-state index contributed by atoms with van der Waals surface area (Å²) < 4.78 is 0. The molecule has 0 heterocycles. The molecule has 2 rings (SSSR count). The number of hydrogen-bond acceptors (Lipinski definition) is 1. The van der Waals surface area contributed by atoms with Gasteiger partial charge in [-0.15, -0.1) is 0 Å². The van der Waals surface area contributed by atoms with E-state index in [4.69, 9.17) is 23.8 Å². The van der Waals surface area contributed by atoms with E-state index in [9.17, 15) is 0 Å². The van der Waals surface area contributed by atoms with Gasteiger partial charge in [-0.1, -0.05) is 36.6 Å². The van der Waals surface area contributed by atoms with Gasteiger partial charge in [-0.05, 0) is 49.7 Å². The van der Waals surface area contributed by atoms with Crippen molar-refractivity contribution in [2.45, 2.75) is 44.7 Å². The molecule has 104 valence electrons. The van der Waals surface area contributed by atoms with Crippen LogP contribution in [0.15, 0.2) is 24.3 Å². The van der Waals surface area contributed by atoms with Gasteiger partial charge in [0.15, 0.2) is 5.11 Å². The van der Waals surface area contributed by atoms with E-state index in [1.807, 2.05) is 19.2 Å². The number of benzene rings is 1. The third kappa shape index (κ3) is 3.83. The summed E-state index contributed by atoms with van der Waals surface area (Å²) in [5, 5.41) is 5.08. The van der Waals surface area contributed by atoms with Gasteiger partial charge in [0.05, 0.1) is 6.04 Å². The smallest absolute Gasteiger partial charge is 0.169 e. The number of nitrogens with one attached hydrogen (secondary N) is 1. The third-order valence-electron chi connectivity index (χ3n) is 3.94. The van der Waals surface area contributed by atoms with Crippen molar-refractivity contribution >= 4 is 28.9 Å². The fraction of sp³-hybridized carbons (Fsp3) is 0.533. The number of thiocarbonyl (C=S) groups is 1. The van der Waals surface area contributed by atoms with E-state index < -0.39 is 0 Å². The van der Waals surface area contributed by atoms with Crippen LogP contribution in [0.25, 0.3) is 0 Å². The zero-order chi connectivity index (χ0) is 13.8. The summed E-state index contributed by atoms with van der Waals surface area (Å²) in [4.78, 5) is 2.12. The average molecular weight is 297 g/mol. The molecule has 0 saturated heterocycles. The van der Waals surface area contributed by atoms with Crippen LogP contribution in [-0.2, 0) is 0 Å². The SMILES string of the molecule is CC(c1ccc(Cl)cc1)N(C)C(=S)NC1CCCC1. The second-order valence-electron chi connectivity index (χ2n) is 5.27. The predicted octanol–water partition coefficient (Wildman–Crippen LogP) is 4.15. The molecule has 4 heteroatoms. The highest BCUT2D eigenvalue weighted by atomic mass is 35.5. The molecule has 19 heavy (non-hydrogen) atoms. The summed E-state index contributed by atoms with van der Waals surface area (Å²) in [6, 6.07) is 8.78. The standard InChI is InChI=1S/C15H21ClN2S/c1-11(12-7-9-13(16)10-8-12)18(2)15(19)17-14-5-3-4-6-14/h7-11,14H,3-6H2,1-2H3,(H,17,19).